The Hall–Kier alpha value is -2.22. The van der Waals surface area contributed by atoms with Gasteiger partial charge in [0.05, 0.1) is 18.7 Å². The van der Waals surface area contributed by atoms with Gasteiger partial charge in [-0.3, -0.25) is 10.00 Å². The van der Waals surface area contributed by atoms with E-state index in [1.54, 1.807) is 7.11 Å². The number of pyridine rings is 1. The smallest absolute Gasteiger partial charge is 0.182 e. The summed E-state index contributed by atoms with van der Waals surface area (Å²) in [5, 5.41) is 9.80. The number of fused-ring (bicyclic) bond motifs is 2. The largest absolute Gasteiger partial charge is 0.491 e. The molecule has 0 unspecified atom stereocenters. The molecule has 3 heterocycles. The predicted octanol–water partition coefficient (Wildman–Crippen LogP) is 2.98. The predicted molar refractivity (Wildman–Crippen MR) is 109 cm³/mol. The van der Waals surface area contributed by atoms with Crippen molar-refractivity contribution in [2.24, 2.45) is 0 Å². The van der Waals surface area contributed by atoms with Gasteiger partial charge in [0.2, 0.25) is 0 Å². The third-order valence-electron chi connectivity index (χ3n) is 5.30. The number of benzene rings is 1. The fraction of sp³-hybridized carbons (Fsp3) is 0.524. The zero-order valence-corrected chi connectivity index (χ0v) is 16.9. The van der Waals surface area contributed by atoms with Crippen LogP contribution in [0.1, 0.15) is 23.2 Å². The van der Waals surface area contributed by atoms with E-state index in [-0.39, 0.29) is 0 Å². The Kier molecular flexibility index (Phi) is 5.75. The Morgan fingerprint density at radius 2 is 2.07 bits per heavy atom. The van der Waals surface area contributed by atoms with Crippen molar-refractivity contribution in [2.45, 2.75) is 26.8 Å². The van der Waals surface area contributed by atoms with Crippen molar-refractivity contribution in [3.8, 4) is 5.75 Å². The number of aromatic nitrogens is 3. The molecule has 28 heavy (non-hydrogen) atoms. The minimum absolute atomic E-state index is 0.528. The summed E-state index contributed by atoms with van der Waals surface area (Å²) >= 11 is 0. The van der Waals surface area contributed by atoms with Crippen molar-refractivity contribution in [1.82, 2.24) is 20.1 Å². The maximum absolute atomic E-state index is 5.91. The van der Waals surface area contributed by atoms with Crippen LogP contribution in [0.5, 0.6) is 5.75 Å². The van der Waals surface area contributed by atoms with E-state index in [1.165, 1.54) is 5.56 Å². The van der Waals surface area contributed by atoms with Gasteiger partial charge in [0.15, 0.2) is 5.65 Å². The third-order valence-corrected chi connectivity index (χ3v) is 5.30. The van der Waals surface area contributed by atoms with Crippen molar-refractivity contribution in [3.63, 3.8) is 0 Å². The second kappa shape index (κ2) is 8.43. The molecule has 1 aliphatic heterocycles. The summed E-state index contributed by atoms with van der Waals surface area (Å²) in [5.74, 6) is 0.852. The first-order valence-electron chi connectivity index (χ1n) is 9.87. The molecule has 7 heteroatoms. The van der Waals surface area contributed by atoms with Crippen LogP contribution in [0.3, 0.4) is 0 Å². The number of hydrogen-bond acceptors (Lipinski definition) is 6. The van der Waals surface area contributed by atoms with Crippen LogP contribution in [-0.4, -0.2) is 66.7 Å². The molecule has 1 fully saturated rings. The first kappa shape index (κ1) is 19.1. The summed E-state index contributed by atoms with van der Waals surface area (Å²) < 4.78 is 16.7. The minimum Gasteiger partial charge on any atom is -0.491 e. The number of nitrogens with one attached hydrogen (secondary N) is 1. The first-order valence-corrected chi connectivity index (χ1v) is 9.87. The fourth-order valence-corrected chi connectivity index (χ4v) is 3.89. The highest BCUT2D eigenvalue weighted by atomic mass is 16.5. The van der Waals surface area contributed by atoms with Crippen LogP contribution in [0, 0.1) is 13.8 Å². The molecule has 1 aromatic carbocycles. The van der Waals surface area contributed by atoms with Crippen LogP contribution in [0.2, 0.25) is 0 Å². The van der Waals surface area contributed by atoms with E-state index >= 15 is 0 Å². The molecule has 0 aliphatic carbocycles. The highest BCUT2D eigenvalue weighted by Gasteiger charge is 2.19. The van der Waals surface area contributed by atoms with Crippen molar-refractivity contribution >= 4 is 21.9 Å². The van der Waals surface area contributed by atoms with Gasteiger partial charge >= 0.3 is 0 Å². The quantitative estimate of drug-likeness (QED) is 0.659. The van der Waals surface area contributed by atoms with Crippen LogP contribution in [0.25, 0.3) is 21.9 Å². The molecule has 0 bridgehead atoms. The summed E-state index contributed by atoms with van der Waals surface area (Å²) in [7, 11) is 1.68. The number of ether oxygens (including phenoxy) is 3. The lowest BCUT2D eigenvalue weighted by Crippen LogP contribution is -2.26. The summed E-state index contributed by atoms with van der Waals surface area (Å²) in [6.45, 7) is 9.66. The van der Waals surface area contributed by atoms with E-state index < -0.39 is 0 Å². The minimum atomic E-state index is 0.528. The second-order valence-corrected chi connectivity index (χ2v) is 7.36. The average molecular weight is 384 g/mol. The van der Waals surface area contributed by atoms with Crippen molar-refractivity contribution < 1.29 is 14.2 Å². The Labute approximate surface area is 165 Å². The number of nitrogens with zero attached hydrogens (tertiary/aromatic N) is 3. The van der Waals surface area contributed by atoms with Gasteiger partial charge in [-0.15, -0.1) is 0 Å². The average Bonchev–Trinajstić information content (AvgIpc) is 2.89. The van der Waals surface area contributed by atoms with Gasteiger partial charge in [0.25, 0.3) is 0 Å². The third kappa shape index (κ3) is 3.83. The molecule has 0 saturated carbocycles. The van der Waals surface area contributed by atoms with Crippen LogP contribution in [-0.2, 0) is 16.0 Å². The molecule has 1 N–H and O–H groups in total. The van der Waals surface area contributed by atoms with Crippen LogP contribution < -0.4 is 4.74 Å². The van der Waals surface area contributed by atoms with E-state index in [0.29, 0.717) is 13.2 Å². The highest BCUT2D eigenvalue weighted by Crippen LogP contribution is 2.33. The van der Waals surface area contributed by atoms with Crippen molar-refractivity contribution in [3.05, 3.63) is 29.0 Å². The van der Waals surface area contributed by atoms with E-state index in [4.69, 9.17) is 19.2 Å². The summed E-state index contributed by atoms with van der Waals surface area (Å²) in [6, 6.07) is 4.15. The molecular weight excluding hydrogens is 356 g/mol. The van der Waals surface area contributed by atoms with Crippen LogP contribution in [0.15, 0.2) is 12.1 Å². The van der Waals surface area contributed by atoms with Gasteiger partial charge < -0.3 is 14.2 Å². The molecule has 3 aromatic rings. The molecule has 4 rings (SSSR count). The maximum atomic E-state index is 5.91. The SMILES string of the molecule is COCCOc1cc(C)c2nc3n[nH]c(C)c3c(CN3CCCOCC3)c2c1. The lowest BCUT2D eigenvalue weighted by molar-refractivity contribution is 0.140. The topological polar surface area (TPSA) is 72.5 Å². The highest BCUT2D eigenvalue weighted by molar-refractivity contribution is 5.99. The zero-order chi connectivity index (χ0) is 19.5. The van der Waals surface area contributed by atoms with E-state index in [0.717, 1.165) is 78.2 Å². The second-order valence-electron chi connectivity index (χ2n) is 7.36. The van der Waals surface area contributed by atoms with Crippen LogP contribution in [0.4, 0.5) is 0 Å². The normalized spacial score (nSPS) is 16.0. The first-order chi connectivity index (χ1) is 13.7. The summed E-state index contributed by atoms with van der Waals surface area (Å²) in [5.41, 5.74) is 5.16. The van der Waals surface area contributed by atoms with Crippen molar-refractivity contribution in [2.75, 3.05) is 46.6 Å². The molecule has 0 amide bonds. The standard InChI is InChI=1S/C21H28N4O3/c1-14-11-16(28-10-9-26-3)12-17-18(13-25-5-4-7-27-8-6-25)19-15(2)23-24-21(19)22-20(14)17/h11-12H,4-10,13H2,1-3H3,(H,22,23,24). The maximum Gasteiger partial charge on any atom is 0.182 e. The Balaban J connectivity index is 1.82. The van der Waals surface area contributed by atoms with E-state index in [1.807, 2.05) is 6.07 Å². The molecule has 150 valence electrons. The molecule has 0 spiro atoms. The Morgan fingerprint density at radius 3 is 2.93 bits per heavy atom. The lowest BCUT2D eigenvalue weighted by atomic mass is 10.0. The van der Waals surface area contributed by atoms with Gasteiger partial charge in [-0.2, -0.15) is 5.10 Å². The summed E-state index contributed by atoms with van der Waals surface area (Å²) in [6.07, 6.45) is 1.06. The number of aromatic amines is 1. The monoisotopic (exact) mass is 384 g/mol. The van der Waals surface area contributed by atoms with E-state index in [9.17, 15) is 0 Å². The zero-order valence-electron chi connectivity index (χ0n) is 16.9. The lowest BCUT2D eigenvalue weighted by Gasteiger charge is -2.21. The molecule has 1 aliphatic rings. The Bertz CT molecular complexity index is 961. The Morgan fingerprint density at radius 1 is 1.18 bits per heavy atom. The number of rotatable bonds is 6. The molecule has 0 atom stereocenters. The number of H-pyrrole nitrogens is 1. The summed E-state index contributed by atoms with van der Waals surface area (Å²) in [4.78, 5) is 7.30. The van der Waals surface area contributed by atoms with Gasteiger partial charge in [0, 0.05) is 49.8 Å². The van der Waals surface area contributed by atoms with Crippen molar-refractivity contribution in [1.29, 1.82) is 0 Å². The van der Waals surface area contributed by atoms with Crippen LogP contribution >= 0.6 is 0 Å². The van der Waals surface area contributed by atoms with Gasteiger partial charge in [-0.05, 0) is 43.5 Å². The molecular formula is C21H28N4O3. The molecule has 1 saturated heterocycles. The molecule has 7 nitrogen and oxygen atoms in total. The van der Waals surface area contributed by atoms with Gasteiger partial charge in [0.1, 0.15) is 12.4 Å². The molecule has 0 radical (unpaired) electrons. The van der Waals surface area contributed by atoms with E-state index in [2.05, 4.69) is 35.0 Å². The number of methoxy groups -OCH3 is 1. The number of aryl methyl sites for hydroxylation is 2. The fourth-order valence-electron chi connectivity index (χ4n) is 3.89. The number of hydrogen-bond donors (Lipinski definition) is 1. The molecule has 2 aromatic heterocycles. The van der Waals surface area contributed by atoms with Gasteiger partial charge in [-0.25, -0.2) is 4.98 Å². The van der Waals surface area contributed by atoms with Gasteiger partial charge in [-0.1, -0.05) is 0 Å².